The molecule has 214 valence electrons. The summed E-state index contributed by atoms with van der Waals surface area (Å²) < 4.78 is 39.9. The summed E-state index contributed by atoms with van der Waals surface area (Å²) in [7, 11) is 4.38. The lowest BCUT2D eigenvalue weighted by Crippen LogP contribution is -2.45. The number of hydrogen-bond acceptors (Lipinski definition) is 6. The monoisotopic (exact) mass is 565 g/mol. The van der Waals surface area contributed by atoms with Crippen LogP contribution < -0.4 is 10.2 Å². The number of aryl methyl sites for hydroxylation is 1. The fraction of sp³-hybridized carbons (Fsp3) is 0.233. The number of benzene rings is 3. The van der Waals surface area contributed by atoms with Crippen molar-refractivity contribution < 1.29 is 37.2 Å². The minimum absolute atomic E-state index is 0.110. The molecule has 1 aromatic heterocycles. The van der Waals surface area contributed by atoms with Crippen LogP contribution >= 0.6 is 0 Å². The Morgan fingerprint density at radius 1 is 1.00 bits per heavy atom. The van der Waals surface area contributed by atoms with Crippen LogP contribution in [0, 0.1) is 18.6 Å². The van der Waals surface area contributed by atoms with Crippen LogP contribution in [0.4, 0.5) is 8.78 Å². The molecule has 0 aliphatic rings. The lowest BCUT2D eigenvalue weighted by Gasteiger charge is -2.23. The zero-order chi connectivity index (χ0) is 29.7. The van der Waals surface area contributed by atoms with E-state index < -0.39 is 23.4 Å². The van der Waals surface area contributed by atoms with Gasteiger partial charge in [-0.15, -0.1) is 0 Å². The molecule has 0 spiro atoms. The Balaban J connectivity index is 1.47. The standard InChI is InChI=1S/C30H29F2N3O6/c1-18-16-41-29-23(13-24(31)28(32)27(18)29)20-8-10-22(11-9-20)40-17-19-6-5-7-21(12-19)30(38)35(14-25(36)33-39-4)15-26(37)34(2)3/h5-13,16H,14-15,17H2,1-4H3,(H,33,36). The molecular formula is C30H29F2N3O6. The first kappa shape index (κ1) is 29.2. The zero-order valence-corrected chi connectivity index (χ0v) is 23.0. The largest absolute Gasteiger partial charge is 0.489 e. The van der Waals surface area contributed by atoms with Crippen molar-refractivity contribution in [2.24, 2.45) is 0 Å². The maximum atomic E-state index is 14.3. The molecule has 1 N–H and O–H groups in total. The minimum Gasteiger partial charge on any atom is -0.489 e. The van der Waals surface area contributed by atoms with E-state index in [9.17, 15) is 23.2 Å². The number of likely N-dealkylation sites (N-methyl/N-ethyl adjacent to an activating group) is 1. The van der Waals surface area contributed by atoms with Crippen LogP contribution in [-0.4, -0.2) is 61.8 Å². The molecule has 0 saturated carbocycles. The van der Waals surface area contributed by atoms with Crippen LogP contribution in [0.2, 0.25) is 0 Å². The normalized spacial score (nSPS) is 10.9. The van der Waals surface area contributed by atoms with Crippen molar-refractivity contribution in [2.75, 3.05) is 34.3 Å². The van der Waals surface area contributed by atoms with Crippen LogP contribution in [0.25, 0.3) is 22.1 Å². The van der Waals surface area contributed by atoms with Gasteiger partial charge in [-0.05, 0) is 53.9 Å². The summed E-state index contributed by atoms with van der Waals surface area (Å²) in [6.07, 6.45) is 1.39. The van der Waals surface area contributed by atoms with Crippen LogP contribution in [0.1, 0.15) is 21.5 Å². The number of hydroxylamine groups is 1. The molecule has 0 aliphatic heterocycles. The van der Waals surface area contributed by atoms with Crippen LogP contribution in [-0.2, 0) is 21.0 Å². The highest BCUT2D eigenvalue weighted by Gasteiger charge is 2.23. The summed E-state index contributed by atoms with van der Waals surface area (Å²) in [6, 6.07) is 14.6. The van der Waals surface area contributed by atoms with Crippen molar-refractivity contribution in [1.82, 2.24) is 15.3 Å². The molecule has 1 heterocycles. The number of rotatable bonds is 10. The molecule has 9 nitrogen and oxygen atoms in total. The first-order valence-corrected chi connectivity index (χ1v) is 12.6. The lowest BCUT2D eigenvalue weighted by molar-refractivity contribution is -0.133. The van der Waals surface area contributed by atoms with E-state index in [1.165, 1.54) is 18.3 Å². The Bertz CT molecular complexity index is 1580. The topological polar surface area (TPSA) is 101 Å². The van der Waals surface area contributed by atoms with Crippen molar-refractivity contribution in [1.29, 1.82) is 0 Å². The second-order valence-electron chi connectivity index (χ2n) is 9.53. The number of nitrogens with one attached hydrogen (secondary N) is 1. The third kappa shape index (κ3) is 6.69. The fourth-order valence-corrected chi connectivity index (χ4v) is 4.20. The molecular weight excluding hydrogens is 536 g/mol. The van der Waals surface area contributed by atoms with E-state index in [2.05, 4.69) is 10.3 Å². The second-order valence-corrected chi connectivity index (χ2v) is 9.53. The van der Waals surface area contributed by atoms with E-state index in [-0.39, 0.29) is 42.1 Å². The van der Waals surface area contributed by atoms with Gasteiger partial charge in [0.2, 0.25) is 5.91 Å². The molecule has 0 bridgehead atoms. The van der Waals surface area contributed by atoms with Gasteiger partial charge in [0, 0.05) is 25.2 Å². The van der Waals surface area contributed by atoms with Gasteiger partial charge in [0.05, 0.1) is 18.8 Å². The van der Waals surface area contributed by atoms with Crippen LogP contribution in [0.5, 0.6) is 5.75 Å². The molecule has 3 aromatic carbocycles. The predicted octanol–water partition coefficient (Wildman–Crippen LogP) is 4.47. The van der Waals surface area contributed by atoms with E-state index in [1.807, 2.05) is 0 Å². The number of furan rings is 1. The van der Waals surface area contributed by atoms with Crippen molar-refractivity contribution in [3.05, 3.63) is 89.2 Å². The molecule has 3 amide bonds. The maximum absolute atomic E-state index is 14.3. The average Bonchev–Trinajstić information content (AvgIpc) is 3.35. The lowest BCUT2D eigenvalue weighted by atomic mass is 10.0. The van der Waals surface area contributed by atoms with Crippen molar-refractivity contribution in [3.63, 3.8) is 0 Å². The molecule has 0 aliphatic carbocycles. The quantitative estimate of drug-likeness (QED) is 0.285. The highest BCUT2D eigenvalue weighted by Crippen LogP contribution is 2.35. The molecule has 11 heteroatoms. The van der Waals surface area contributed by atoms with Crippen LogP contribution in [0.15, 0.2) is 65.3 Å². The Morgan fingerprint density at radius 3 is 2.41 bits per heavy atom. The van der Waals surface area contributed by atoms with Gasteiger partial charge >= 0.3 is 0 Å². The number of ether oxygens (including phenoxy) is 1. The summed E-state index contributed by atoms with van der Waals surface area (Å²) in [5.41, 5.74) is 4.90. The highest BCUT2D eigenvalue weighted by molar-refractivity contribution is 5.99. The molecule has 0 saturated heterocycles. The van der Waals surface area contributed by atoms with Crippen molar-refractivity contribution >= 4 is 28.7 Å². The summed E-state index contributed by atoms with van der Waals surface area (Å²) in [5.74, 6) is -2.84. The van der Waals surface area contributed by atoms with E-state index >= 15 is 0 Å². The van der Waals surface area contributed by atoms with Gasteiger partial charge in [-0.25, -0.2) is 14.3 Å². The SMILES string of the molecule is CONC(=O)CN(CC(=O)N(C)C)C(=O)c1cccc(COc2ccc(-c3cc(F)c(F)c4c(C)coc34)cc2)c1. The van der Waals surface area contributed by atoms with Gasteiger partial charge in [0.15, 0.2) is 11.6 Å². The summed E-state index contributed by atoms with van der Waals surface area (Å²) in [4.78, 5) is 44.6. The number of amides is 3. The first-order chi connectivity index (χ1) is 19.6. The van der Waals surface area contributed by atoms with E-state index in [4.69, 9.17) is 9.15 Å². The molecule has 4 rings (SSSR count). The third-order valence-electron chi connectivity index (χ3n) is 6.33. The molecule has 0 radical (unpaired) electrons. The van der Waals surface area contributed by atoms with Gasteiger partial charge in [-0.1, -0.05) is 24.3 Å². The van der Waals surface area contributed by atoms with E-state index in [1.54, 1.807) is 69.6 Å². The van der Waals surface area contributed by atoms with Gasteiger partial charge in [0.1, 0.15) is 31.0 Å². The summed E-state index contributed by atoms with van der Waals surface area (Å²) in [6.45, 7) is 1.10. The van der Waals surface area contributed by atoms with Gasteiger partial charge in [-0.2, -0.15) is 0 Å². The van der Waals surface area contributed by atoms with Crippen molar-refractivity contribution in [3.8, 4) is 16.9 Å². The summed E-state index contributed by atoms with van der Waals surface area (Å²) >= 11 is 0. The number of fused-ring (bicyclic) bond motifs is 1. The van der Waals surface area contributed by atoms with Crippen LogP contribution in [0.3, 0.4) is 0 Å². The highest BCUT2D eigenvalue weighted by atomic mass is 19.2. The number of hydrogen-bond donors (Lipinski definition) is 1. The molecule has 0 fully saturated rings. The Kier molecular flexibility index (Phi) is 8.98. The minimum atomic E-state index is -0.962. The molecule has 4 aromatic rings. The number of carbonyl (C=O) groups is 3. The number of nitrogens with zero attached hydrogens (tertiary/aromatic N) is 2. The Morgan fingerprint density at radius 2 is 1.73 bits per heavy atom. The van der Waals surface area contributed by atoms with E-state index in [0.29, 0.717) is 28.0 Å². The third-order valence-corrected chi connectivity index (χ3v) is 6.33. The maximum Gasteiger partial charge on any atom is 0.263 e. The zero-order valence-electron chi connectivity index (χ0n) is 23.0. The molecule has 0 unspecified atom stereocenters. The smallest absolute Gasteiger partial charge is 0.263 e. The summed E-state index contributed by atoms with van der Waals surface area (Å²) in [5, 5.41) is 0.110. The number of carbonyl (C=O) groups excluding carboxylic acids is 3. The van der Waals surface area contributed by atoms with Gasteiger partial charge in [0.25, 0.3) is 11.8 Å². The first-order valence-electron chi connectivity index (χ1n) is 12.6. The fourth-order valence-electron chi connectivity index (χ4n) is 4.20. The van der Waals surface area contributed by atoms with Gasteiger partial charge in [-0.3, -0.25) is 19.2 Å². The Hall–Kier alpha value is -4.77. The molecule has 0 atom stereocenters. The average molecular weight is 566 g/mol. The predicted molar refractivity (Wildman–Crippen MR) is 147 cm³/mol. The Labute approximate surface area is 235 Å². The molecule has 41 heavy (non-hydrogen) atoms. The van der Waals surface area contributed by atoms with Gasteiger partial charge < -0.3 is 19.0 Å². The second kappa shape index (κ2) is 12.6. The van der Waals surface area contributed by atoms with E-state index in [0.717, 1.165) is 11.0 Å². The van der Waals surface area contributed by atoms with Crippen molar-refractivity contribution in [2.45, 2.75) is 13.5 Å². The number of halogens is 2.